The van der Waals surface area contributed by atoms with Crippen molar-refractivity contribution in [2.75, 3.05) is 25.1 Å². The van der Waals surface area contributed by atoms with Crippen LogP contribution in [0.25, 0.3) is 11.4 Å². The lowest BCUT2D eigenvalue weighted by molar-refractivity contribution is -0.132. The van der Waals surface area contributed by atoms with Gasteiger partial charge in [-0.05, 0) is 56.0 Å². The maximum absolute atomic E-state index is 13.9. The van der Waals surface area contributed by atoms with Crippen molar-refractivity contribution in [1.29, 1.82) is 0 Å². The summed E-state index contributed by atoms with van der Waals surface area (Å²) in [4.78, 5) is 32.2. The van der Waals surface area contributed by atoms with Crippen molar-refractivity contribution in [3.63, 3.8) is 0 Å². The van der Waals surface area contributed by atoms with Gasteiger partial charge in [-0.2, -0.15) is 9.18 Å². The Morgan fingerprint density at radius 2 is 2.06 bits per heavy atom. The van der Waals surface area contributed by atoms with Crippen LogP contribution in [-0.2, 0) is 11.2 Å². The van der Waals surface area contributed by atoms with Crippen LogP contribution in [0, 0.1) is 11.8 Å². The Balaban J connectivity index is 1.35. The van der Waals surface area contributed by atoms with Gasteiger partial charge in [0.1, 0.15) is 11.5 Å². The molecule has 4 N–H and O–H groups in total. The molecule has 0 radical (unpaired) electrons. The van der Waals surface area contributed by atoms with E-state index in [1.807, 2.05) is 6.07 Å². The number of benzene rings is 1. The number of hydrogen-bond donors (Lipinski definition) is 3. The van der Waals surface area contributed by atoms with Crippen molar-refractivity contribution in [2.45, 2.75) is 38.3 Å². The molecule has 190 valence electrons. The molecule has 2 aromatic heterocycles. The Labute approximate surface area is 207 Å². The predicted octanol–water partition coefficient (Wildman–Crippen LogP) is 2.08. The Kier molecular flexibility index (Phi) is 7.89. The SMILES string of the molecule is C[C@H](N)C(=O)N1CCC[C@@H]1CNC(=O)c1ccc(-c2cc(F)nn2NCCc2cccc(F)c2)nc1. The summed E-state index contributed by atoms with van der Waals surface area (Å²) >= 11 is 0. The van der Waals surface area contributed by atoms with E-state index in [9.17, 15) is 18.4 Å². The molecule has 0 saturated carbocycles. The number of halogens is 2. The van der Waals surface area contributed by atoms with E-state index in [0.717, 1.165) is 18.4 Å². The average Bonchev–Trinajstić information content (AvgIpc) is 3.48. The number of hydrogen-bond acceptors (Lipinski definition) is 6. The molecule has 0 spiro atoms. The summed E-state index contributed by atoms with van der Waals surface area (Å²) in [7, 11) is 0. The number of nitrogens with zero attached hydrogens (tertiary/aromatic N) is 4. The summed E-state index contributed by atoms with van der Waals surface area (Å²) in [6.07, 6.45) is 3.60. The molecule has 0 bridgehead atoms. The van der Waals surface area contributed by atoms with Crippen LogP contribution in [0.4, 0.5) is 8.78 Å². The van der Waals surface area contributed by atoms with Crippen molar-refractivity contribution in [2.24, 2.45) is 5.73 Å². The molecular weight excluding hydrogens is 468 g/mol. The van der Waals surface area contributed by atoms with E-state index >= 15 is 0 Å². The van der Waals surface area contributed by atoms with E-state index in [0.29, 0.717) is 43.0 Å². The van der Waals surface area contributed by atoms with Crippen molar-refractivity contribution in [1.82, 2.24) is 25.1 Å². The first-order valence-electron chi connectivity index (χ1n) is 11.9. The Morgan fingerprint density at radius 3 is 2.78 bits per heavy atom. The summed E-state index contributed by atoms with van der Waals surface area (Å²) in [5, 5.41) is 6.66. The topological polar surface area (TPSA) is 118 Å². The Bertz CT molecular complexity index is 1210. The van der Waals surface area contributed by atoms with Gasteiger partial charge in [0.25, 0.3) is 5.91 Å². The fourth-order valence-corrected chi connectivity index (χ4v) is 4.25. The first-order chi connectivity index (χ1) is 17.3. The van der Waals surface area contributed by atoms with Gasteiger partial charge in [-0.3, -0.25) is 14.6 Å². The molecule has 4 rings (SSSR count). The van der Waals surface area contributed by atoms with E-state index in [2.05, 4.69) is 20.8 Å². The van der Waals surface area contributed by atoms with Crippen molar-refractivity contribution in [3.05, 3.63) is 71.6 Å². The summed E-state index contributed by atoms with van der Waals surface area (Å²) in [6, 6.07) is 10.0. The van der Waals surface area contributed by atoms with Gasteiger partial charge in [-0.1, -0.05) is 12.1 Å². The van der Waals surface area contributed by atoms with Crippen LogP contribution < -0.4 is 16.5 Å². The van der Waals surface area contributed by atoms with Crippen LogP contribution in [0.1, 0.15) is 35.7 Å². The van der Waals surface area contributed by atoms with Crippen molar-refractivity contribution in [3.8, 4) is 11.4 Å². The first kappa shape index (κ1) is 25.2. The normalized spacial score (nSPS) is 16.1. The van der Waals surface area contributed by atoms with Crippen LogP contribution in [0.3, 0.4) is 0 Å². The number of carbonyl (C=O) groups is 2. The maximum atomic E-state index is 13.9. The average molecular weight is 498 g/mol. The van der Waals surface area contributed by atoms with Gasteiger partial charge in [0.2, 0.25) is 11.9 Å². The largest absolute Gasteiger partial charge is 0.350 e. The summed E-state index contributed by atoms with van der Waals surface area (Å²) in [6.45, 7) is 3.01. The number of nitrogens with two attached hydrogens (primary N) is 1. The lowest BCUT2D eigenvalue weighted by Crippen LogP contribution is -2.48. The number of pyridine rings is 1. The highest BCUT2D eigenvalue weighted by Gasteiger charge is 2.30. The minimum atomic E-state index is -0.686. The van der Waals surface area contributed by atoms with E-state index < -0.39 is 12.0 Å². The second kappa shape index (κ2) is 11.3. The van der Waals surface area contributed by atoms with E-state index in [1.165, 1.54) is 29.2 Å². The quantitative estimate of drug-likeness (QED) is 0.417. The van der Waals surface area contributed by atoms with Crippen LogP contribution in [0.15, 0.2) is 48.7 Å². The monoisotopic (exact) mass is 497 g/mol. The fourth-order valence-electron chi connectivity index (χ4n) is 4.25. The highest BCUT2D eigenvalue weighted by molar-refractivity contribution is 5.94. The predicted molar refractivity (Wildman–Crippen MR) is 130 cm³/mol. The van der Waals surface area contributed by atoms with Gasteiger partial charge in [0, 0.05) is 37.9 Å². The minimum absolute atomic E-state index is 0.0875. The van der Waals surface area contributed by atoms with Crippen molar-refractivity contribution < 1.29 is 18.4 Å². The van der Waals surface area contributed by atoms with Gasteiger partial charge in [0.05, 0.1) is 17.3 Å². The third-order valence-corrected chi connectivity index (χ3v) is 6.08. The van der Waals surface area contributed by atoms with Crippen LogP contribution in [0.5, 0.6) is 0 Å². The van der Waals surface area contributed by atoms with Crippen LogP contribution >= 0.6 is 0 Å². The number of nitrogens with one attached hydrogen (secondary N) is 2. The molecule has 3 aromatic rings. The lowest BCUT2D eigenvalue weighted by atomic mass is 10.1. The highest BCUT2D eigenvalue weighted by atomic mass is 19.1. The third kappa shape index (κ3) is 6.03. The van der Waals surface area contributed by atoms with E-state index in [4.69, 9.17) is 5.73 Å². The molecule has 11 heteroatoms. The molecule has 2 amide bonds. The Hall–Kier alpha value is -3.86. The van der Waals surface area contributed by atoms with Crippen LogP contribution in [-0.4, -0.2) is 63.3 Å². The molecule has 36 heavy (non-hydrogen) atoms. The lowest BCUT2D eigenvalue weighted by Gasteiger charge is -2.26. The second-order valence-electron chi connectivity index (χ2n) is 8.81. The maximum Gasteiger partial charge on any atom is 0.252 e. The zero-order valence-electron chi connectivity index (χ0n) is 20.0. The summed E-state index contributed by atoms with van der Waals surface area (Å²) < 4.78 is 27.3. The van der Waals surface area contributed by atoms with Crippen molar-refractivity contribution >= 4 is 11.8 Å². The molecule has 0 aliphatic carbocycles. The number of amides is 2. The van der Waals surface area contributed by atoms with Gasteiger partial charge >= 0.3 is 0 Å². The summed E-state index contributed by atoms with van der Waals surface area (Å²) in [5.74, 6) is -1.44. The molecule has 3 heterocycles. The van der Waals surface area contributed by atoms with Gasteiger partial charge < -0.3 is 21.4 Å². The zero-order valence-corrected chi connectivity index (χ0v) is 20.0. The van der Waals surface area contributed by atoms with E-state index in [1.54, 1.807) is 30.0 Å². The van der Waals surface area contributed by atoms with Gasteiger partial charge in [-0.15, -0.1) is 5.10 Å². The van der Waals surface area contributed by atoms with E-state index in [-0.39, 0.29) is 23.7 Å². The molecule has 1 aliphatic rings. The molecule has 9 nitrogen and oxygen atoms in total. The smallest absolute Gasteiger partial charge is 0.252 e. The number of likely N-dealkylation sites (tertiary alicyclic amines) is 1. The van der Waals surface area contributed by atoms with Crippen LogP contribution in [0.2, 0.25) is 0 Å². The Morgan fingerprint density at radius 1 is 1.22 bits per heavy atom. The highest BCUT2D eigenvalue weighted by Crippen LogP contribution is 2.19. The number of rotatable bonds is 9. The molecule has 1 fully saturated rings. The first-order valence-corrected chi connectivity index (χ1v) is 11.9. The summed E-state index contributed by atoms with van der Waals surface area (Å²) in [5.41, 5.74) is 10.7. The zero-order chi connectivity index (χ0) is 25.7. The van der Waals surface area contributed by atoms with Gasteiger partial charge in [-0.25, -0.2) is 4.39 Å². The number of carbonyl (C=O) groups excluding carboxylic acids is 2. The molecule has 0 unspecified atom stereocenters. The second-order valence-corrected chi connectivity index (χ2v) is 8.81. The fraction of sp³-hybridized carbons (Fsp3) is 0.360. The molecule has 1 aromatic carbocycles. The minimum Gasteiger partial charge on any atom is -0.350 e. The molecule has 1 aliphatic heterocycles. The standard InChI is InChI=1S/C25H29F2N7O2/c1-16(28)25(36)33-11-3-6-20(33)15-30-24(35)18-7-8-21(29-14-18)22-13-23(27)32-34(22)31-10-9-17-4-2-5-19(26)12-17/h2,4-5,7-8,12-14,16,20,31H,3,6,9-11,15,28H2,1H3,(H,30,35)/t16-,20+/m0/s1. The van der Waals surface area contributed by atoms with Gasteiger partial charge in [0.15, 0.2) is 0 Å². The molecular formula is C25H29F2N7O2. The number of aromatic nitrogens is 3. The molecule has 1 saturated heterocycles. The third-order valence-electron chi connectivity index (χ3n) is 6.08. The molecule has 2 atom stereocenters.